The van der Waals surface area contributed by atoms with Crippen LogP contribution in [-0.4, -0.2) is 41.4 Å². The molecule has 1 aromatic carbocycles. The van der Waals surface area contributed by atoms with Gasteiger partial charge in [-0.15, -0.1) is 24.0 Å². The molecule has 2 atom stereocenters. The van der Waals surface area contributed by atoms with Gasteiger partial charge < -0.3 is 15.4 Å². The summed E-state index contributed by atoms with van der Waals surface area (Å²) in [5.74, 6) is 2.14. The van der Waals surface area contributed by atoms with Crippen LogP contribution in [0.1, 0.15) is 42.2 Å². The van der Waals surface area contributed by atoms with Gasteiger partial charge in [-0.2, -0.15) is 5.10 Å². The van der Waals surface area contributed by atoms with E-state index in [1.807, 2.05) is 11.6 Å². The molecule has 0 bridgehead atoms. The molecule has 9 heteroatoms. The molecule has 7 nitrogen and oxygen atoms in total. The van der Waals surface area contributed by atoms with Crippen molar-refractivity contribution in [1.29, 1.82) is 0 Å². The number of methoxy groups -OCH3 is 1. The number of aryl methyl sites for hydroxylation is 2. The average Bonchev–Trinajstić information content (AvgIpc) is 3.03. The fourth-order valence-corrected chi connectivity index (χ4v) is 3.17. The highest BCUT2D eigenvalue weighted by molar-refractivity contribution is 14.0. The van der Waals surface area contributed by atoms with Crippen molar-refractivity contribution in [2.45, 2.75) is 38.5 Å². The number of nitrogens with zero attached hydrogens (tertiary/aromatic N) is 4. The van der Waals surface area contributed by atoms with Crippen LogP contribution in [0, 0.1) is 12.7 Å². The molecule has 0 radical (unpaired) electrons. The molecule has 0 fully saturated rings. The Labute approximate surface area is 175 Å². The lowest BCUT2D eigenvalue weighted by Crippen LogP contribution is -2.43. The SMILES string of the molecule is CN=C(NCC(OC)c1ccc(F)cc1)NC1CCCn2nc(C)nc21.I. The molecule has 3 rings (SSSR count). The number of nitrogens with one attached hydrogen (secondary N) is 2. The van der Waals surface area contributed by atoms with Gasteiger partial charge in [-0.1, -0.05) is 12.1 Å². The van der Waals surface area contributed by atoms with Gasteiger partial charge in [0.05, 0.1) is 12.1 Å². The van der Waals surface area contributed by atoms with Gasteiger partial charge in [-0.25, -0.2) is 14.1 Å². The number of aromatic nitrogens is 3. The maximum absolute atomic E-state index is 13.1. The number of guanidine groups is 1. The lowest BCUT2D eigenvalue weighted by Gasteiger charge is -2.26. The molecule has 0 aliphatic carbocycles. The molecule has 1 aliphatic rings. The monoisotopic (exact) mass is 488 g/mol. The van der Waals surface area contributed by atoms with Crippen LogP contribution in [-0.2, 0) is 11.3 Å². The highest BCUT2D eigenvalue weighted by atomic mass is 127. The van der Waals surface area contributed by atoms with Crippen molar-refractivity contribution in [2.75, 3.05) is 20.7 Å². The van der Waals surface area contributed by atoms with E-state index in [9.17, 15) is 4.39 Å². The lowest BCUT2D eigenvalue weighted by atomic mass is 10.1. The molecule has 1 aromatic heterocycles. The van der Waals surface area contributed by atoms with Crippen LogP contribution in [0.5, 0.6) is 0 Å². The second-order valence-corrected chi connectivity index (χ2v) is 6.31. The standard InChI is InChI=1S/C18H25FN6O.HI/c1-12-22-17-15(5-4-10-25(17)24-12)23-18(20-2)21-11-16(26-3)13-6-8-14(19)9-7-13;/h6-9,15-16H,4-5,10-11H2,1-3H3,(H2,20,21,23);1H. The van der Waals surface area contributed by atoms with Gasteiger partial charge in [-0.05, 0) is 37.5 Å². The summed E-state index contributed by atoms with van der Waals surface area (Å²) in [7, 11) is 3.37. The highest BCUT2D eigenvalue weighted by Gasteiger charge is 2.24. The number of hydrogen-bond acceptors (Lipinski definition) is 4. The van der Waals surface area contributed by atoms with Crippen LogP contribution in [0.4, 0.5) is 4.39 Å². The van der Waals surface area contributed by atoms with E-state index in [-0.39, 0.29) is 41.9 Å². The zero-order chi connectivity index (χ0) is 18.5. The third-order valence-corrected chi connectivity index (χ3v) is 4.50. The van der Waals surface area contributed by atoms with Gasteiger partial charge in [0.2, 0.25) is 0 Å². The summed E-state index contributed by atoms with van der Waals surface area (Å²) in [6, 6.07) is 6.40. The summed E-state index contributed by atoms with van der Waals surface area (Å²) in [5, 5.41) is 11.1. The number of aliphatic imine (C=N–C) groups is 1. The number of benzene rings is 1. The van der Waals surface area contributed by atoms with Crippen molar-refractivity contribution < 1.29 is 9.13 Å². The van der Waals surface area contributed by atoms with E-state index in [1.54, 1.807) is 26.3 Å². The minimum atomic E-state index is -0.259. The summed E-state index contributed by atoms with van der Waals surface area (Å²) in [6.45, 7) is 3.32. The van der Waals surface area contributed by atoms with Crippen LogP contribution in [0.25, 0.3) is 0 Å². The summed E-state index contributed by atoms with van der Waals surface area (Å²) < 4.78 is 20.6. The Kier molecular flexibility index (Phi) is 7.96. The number of hydrogen-bond donors (Lipinski definition) is 2. The first-order valence-electron chi connectivity index (χ1n) is 8.77. The summed E-state index contributed by atoms with van der Waals surface area (Å²) in [5.41, 5.74) is 0.907. The summed E-state index contributed by atoms with van der Waals surface area (Å²) in [6.07, 6.45) is 1.82. The molecule has 0 saturated heterocycles. The first kappa shape index (κ1) is 21.5. The first-order chi connectivity index (χ1) is 12.6. The minimum absolute atomic E-state index is 0. The molecular formula is C18H26FIN6O. The summed E-state index contributed by atoms with van der Waals surface area (Å²) in [4.78, 5) is 8.83. The fourth-order valence-electron chi connectivity index (χ4n) is 3.17. The van der Waals surface area contributed by atoms with Gasteiger partial charge in [0, 0.05) is 27.2 Å². The Bertz CT molecular complexity index is 764. The van der Waals surface area contributed by atoms with Gasteiger partial charge in [-0.3, -0.25) is 4.99 Å². The number of halogens is 2. The molecule has 2 unspecified atom stereocenters. The zero-order valence-electron chi connectivity index (χ0n) is 15.8. The van der Waals surface area contributed by atoms with Crippen molar-refractivity contribution in [2.24, 2.45) is 4.99 Å². The maximum Gasteiger partial charge on any atom is 0.191 e. The largest absolute Gasteiger partial charge is 0.375 e. The molecule has 0 spiro atoms. The van der Waals surface area contributed by atoms with Crippen LogP contribution >= 0.6 is 24.0 Å². The van der Waals surface area contributed by atoms with E-state index < -0.39 is 0 Å². The zero-order valence-corrected chi connectivity index (χ0v) is 18.1. The van der Waals surface area contributed by atoms with Crippen molar-refractivity contribution in [3.05, 3.63) is 47.3 Å². The van der Waals surface area contributed by atoms with Gasteiger partial charge in [0.15, 0.2) is 5.96 Å². The van der Waals surface area contributed by atoms with E-state index in [0.717, 1.165) is 36.6 Å². The Morgan fingerprint density at radius 2 is 2.15 bits per heavy atom. The molecule has 0 amide bonds. The predicted octanol–water partition coefficient (Wildman–Crippen LogP) is 2.73. The van der Waals surface area contributed by atoms with Crippen LogP contribution in [0.15, 0.2) is 29.3 Å². The van der Waals surface area contributed by atoms with Gasteiger partial charge in [0.25, 0.3) is 0 Å². The Morgan fingerprint density at radius 1 is 1.41 bits per heavy atom. The highest BCUT2D eigenvalue weighted by Crippen LogP contribution is 2.23. The van der Waals surface area contributed by atoms with Crippen molar-refractivity contribution in [3.8, 4) is 0 Å². The van der Waals surface area contributed by atoms with E-state index >= 15 is 0 Å². The van der Waals surface area contributed by atoms with E-state index in [2.05, 4.69) is 25.7 Å². The van der Waals surface area contributed by atoms with E-state index in [4.69, 9.17) is 4.74 Å². The normalized spacial score (nSPS) is 17.6. The van der Waals surface area contributed by atoms with E-state index in [0.29, 0.717) is 12.5 Å². The molecular weight excluding hydrogens is 462 g/mol. The maximum atomic E-state index is 13.1. The summed E-state index contributed by atoms with van der Waals surface area (Å²) >= 11 is 0. The van der Waals surface area contributed by atoms with E-state index in [1.165, 1.54) is 12.1 Å². The van der Waals surface area contributed by atoms with Crippen molar-refractivity contribution >= 4 is 29.9 Å². The molecule has 148 valence electrons. The minimum Gasteiger partial charge on any atom is -0.375 e. The molecule has 27 heavy (non-hydrogen) atoms. The third-order valence-electron chi connectivity index (χ3n) is 4.50. The Morgan fingerprint density at radius 3 is 2.81 bits per heavy atom. The average molecular weight is 488 g/mol. The Hall–Kier alpha value is -1.75. The lowest BCUT2D eigenvalue weighted by molar-refractivity contribution is 0.106. The van der Waals surface area contributed by atoms with Crippen LogP contribution in [0.3, 0.4) is 0 Å². The molecule has 0 saturated carbocycles. The predicted molar refractivity (Wildman–Crippen MR) is 113 cm³/mol. The molecule has 2 heterocycles. The second kappa shape index (κ2) is 9.98. The van der Waals surface area contributed by atoms with Crippen LogP contribution < -0.4 is 10.6 Å². The third kappa shape index (κ3) is 5.38. The molecule has 2 N–H and O–H groups in total. The fraction of sp³-hybridized carbons (Fsp3) is 0.500. The van der Waals surface area contributed by atoms with Gasteiger partial charge in [0.1, 0.15) is 17.5 Å². The number of rotatable bonds is 5. The van der Waals surface area contributed by atoms with Crippen molar-refractivity contribution in [3.63, 3.8) is 0 Å². The topological polar surface area (TPSA) is 76.4 Å². The number of ether oxygens (including phenoxy) is 1. The Balaban J connectivity index is 0.00000261. The van der Waals surface area contributed by atoms with Crippen LogP contribution in [0.2, 0.25) is 0 Å². The number of fused-ring (bicyclic) bond motifs is 1. The molecule has 1 aliphatic heterocycles. The van der Waals surface area contributed by atoms with Gasteiger partial charge >= 0.3 is 0 Å². The smallest absolute Gasteiger partial charge is 0.191 e. The quantitative estimate of drug-likeness (QED) is 0.385. The van der Waals surface area contributed by atoms with Crippen molar-refractivity contribution in [1.82, 2.24) is 25.4 Å². The second-order valence-electron chi connectivity index (χ2n) is 6.31. The first-order valence-corrected chi connectivity index (χ1v) is 8.77. The molecule has 2 aromatic rings.